The van der Waals surface area contributed by atoms with E-state index in [9.17, 15) is 0 Å². The Morgan fingerprint density at radius 1 is 1.19 bits per heavy atom. The summed E-state index contributed by atoms with van der Waals surface area (Å²) in [5, 5.41) is 3.50. The van der Waals surface area contributed by atoms with Crippen LogP contribution in [0.3, 0.4) is 0 Å². The molecule has 2 heterocycles. The molecule has 1 saturated carbocycles. The van der Waals surface area contributed by atoms with E-state index in [4.69, 9.17) is 9.47 Å². The van der Waals surface area contributed by atoms with Crippen LogP contribution in [0.4, 0.5) is 0 Å². The fourth-order valence-electron chi connectivity index (χ4n) is 2.53. The largest absolute Gasteiger partial charge is 0.486 e. The molecule has 0 atom stereocenters. The summed E-state index contributed by atoms with van der Waals surface area (Å²) in [6.45, 7) is 2.21. The molecule has 21 heavy (non-hydrogen) atoms. The number of hydrogen-bond donors (Lipinski definition) is 2. The van der Waals surface area contributed by atoms with Crippen molar-refractivity contribution in [1.29, 1.82) is 0 Å². The minimum Gasteiger partial charge on any atom is -0.486 e. The highest BCUT2D eigenvalue weighted by Gasteiger charge is 2.19. The second-order valence-electron chi connectivity index (χ2n) is 5.58. The van der Waals surface area contributed by atoms with Gasteiger partial charge in [0.2, 0.25) is 0 Å². The van der Waals surface area contributed by atoms with Gasteiger partial charge in [0.25, 0.3) is 0 Å². The quantitative estimate of drug-likeness (QED) is 0.883. The fourth-order valence-corrected chi connectivity index (χ4v) is 2.53. The monoisotopic (exact) mass is 285 g/mol. The molecular formula is C16H19N3O2. The Kier molecular flexibility index (Phi) is 3.27. The number of aromatic nitrogens is 2. The molecule has 0 radical (unpaired) electrons. The lowest BCUT2D eigenvalue weighted by Crippen LogP contribution is -2.19. The van der Waals surface area contributed by atoms with Crippen molar-refractivity contribution < 1.29 is 9.47 Å². The van der Waals surface area contributed by atoms with Gasteiger partial charge in [-0.3, -0.25) is 0 Å². The molecule has 2 N–H and O–H groups in total. The van der Waals surface area contributed by atoms with Crippen LogP contribution in [-0.2, 0) is 6.42 Å². The maximum absolute atomic E-state index is 5.62. The minimum atomic E-state index is 0.609. The first-order valence-electron chi connectivity index (χ1n) is 7.56. The summed E-state index contributed by atoms with van der Waals surface area (Å²) in [5.74, 6) is 2.65. The first-order chi connectivity index (χ1) is 10.4. The molecule has 2 aliphatic rings. The maximum atomic E-state index is 5.62. The van der Waals surface area contributed by atoms with Crippen molar-refractivity contribution in [3.63, 3.8) is 0 Å². The lowest BCUT2D eigenvalue weighted by molar-refractivity contribution is 0.171. The Morgan fingerprint density at radius 2 is 2.05 bits per heavy atom. The van der Waals surface area contributed by atoms with Gasteiger partial charge in [-0.05, 0) is 31.0 Å². The highest BCUT2D eigenvalue weighted by atomic mass is 16.6. The second-order valence-corrected chi connectivity index (χ2v) is 5.58. The smallest absolute Gasteiger partial charge is 0.162 e. The van der Waals surface area contributed by atoms with E-state index in [0.717, 1.165) is 47.6 Å². The Bertz CT molecular complexity index is 634. The van der Waals surface area contributed by atoms with Gasteiger partial charge in [-0.2, -0.15) is 0 Å². The number of nitrogens with one attached hydrogen (secondary N) is 2. The van der Waals surface area contributed by atoms with Crippen molar-refractivity contribution in [3.8, 4) is 22.8 Å². The van der Waals surface area contributed by atoms with E-state index in [1.54, 1.807) is 0 Å². The average molecular weight is 285 g/mol. The molecule has 4 rings (SSSR count). The molecule has 1 aromatic carbocycles. The topological polar surface area (TPSA) is 59.2 Å². The summed E-state index contributed by atoms with van der Waals surface area (Å²) in [6, 6.07) is 6.75. The molecule has 1 fully saturated rings. The van der Waals surface area contributed by atoms with Crippen LogP contribution >= 0.6 is 0 Å². The molecule has 1 aromatic heterocycles. The van der Waals surface area contributed by atoms with Crippen molar-refractivity contribution in [2.75, 3.05) is 19.8 Å². The fraction of sp³-hybridized carbons (Fsp3) is 0.438. The van der Waals surface area contributed by atoms with E-state index in [1.165, 1.54) is 12.8 Å². The standard InChI is InChI=1S/C16H19N3O2/c1-4-14-15(21-8-7-20-14)9-11(1)13-10-18-16(19-13)5-6-17-12-2-3-12/h1,4,9-10,12,17H,2-3,5-8H2,(H,18,19). The Balaban J connectivity index is 1.46. The Hall–Kier alpha value is -2.01. The summed E-state index contributed by atoms with van der Waals surface area (Å²) in [7, 11) is 0. The number of imidazole rings is 1. The third-order valence-corrected chi connectivity index (χ3v) is 3.85. The van der Waals surface area contributed by atoms with Crippen molar-refractivity contribution in [3.05, 3.63) is 30.2 Å². The van der Waals surface area contributed by atoms with Crippen molar-refractivity contribution in [2.45, 2.75) is 25.3 Å². The molecular weight excluding hydrogens is 266 g/mol. The van der Waals surface area contributed by atoms with E-state index in [2.05, 4.69) is 15.3 Å². The molecule has 5 heteroatoms. The SMILES string of the molecule is c1cc2c(cc1-c1cnc(CCNC3CC3)[nH]1)OCCO2. The van der Waals surface area contributed by atoms with E-state index >= 15 is 0 Å². The zero-order valence-electron chi connectivity index (χ0n) is 11.9. The van der Waals surface area contributed by atoms with Gasteiger partial charge >= 0.3 is 0 Å². The van der Waals surface area contributed by atoms with Gasteiger partial charge in [-0.15, -0.1) is 0 Å². The Morgan fingerprint density at radius 3 is 2.90 bits per heavy atom. The molecule has 1 aliphatic carbocycles. The summed E-state index contributed by atoms with van der Waals surface area (Å²) in [5.41, 5.74) is 2.10. The van der Waals surface area contributed by atoms with Crippen LogP contribution in [0.25, 0.3) is 11.3 Å². The summed E-state index contributed by atoms with van der Waals surface area (Å²) >= 11 is 0. The highest BCUT2D eigenvalue weighted by molar-refractivity contribution is 5.63. The van der Waals surface area contributed by atoms with E-state index in [-0.39, 0.29) is 0 Å². The molecule has 0 amide bonds. The van der Waals surface area contributed by atoms with Crippen LogP contribution in [0.2, 0.25) is 0 Å². The number of H-pyrrole nitrogens is 1. The zero-order valence-corrected chi connectivity index (χ0v) is 11.9. The van der Waals surface area contributed by atoms with Crippen LogP contribution < -0.4 is 14.8 Å². The number of fused-ring (bicyclic) bond motifs is 1. The number of hydrogen-bond acceptors (Lipinski definition) is 4. The minimum absolute atomic E-state index is 0.609. The first-order valence-corrected chi connectivity index (χ1v) is 7.56. The lowest BCUT2D eigenvalue weighted by atomic mass is 10.1. The predicted octanol–water partition coefficient (Wildman–Crippen LogP) is 2.14. The predicted molar refractivity (Wildman–Crippen MR) is 79.7 cm³/mol. The maximum Gasteiger partial charge on any atom is 0.162 e. The van der Waals surface area contributed by atoms with Crippen LogP contribution in [0.15, 0.2) is 24.4 Å². The van der Waals surface area contributed by atoms with Crippen LogP contribution in [-0.4, -0.2) is 35.8 Å². The third-order valence-electron chi connectivity index (χ3n) is 3.85. The summed E-state index contributed by atoms with van der Waals surface area (Å²) in [4.78, 5) is 7.84. The van der Waals surface area contributed by atoms with Gasteiger partial charge in [0.05, 0.1) is 11.9 Å². The van der Waals surface area contributed by atoms with Crippen LogP contribution in [0, 0.1) is 0 Å². The van der Waals surface area contributed by atoms with Gasteiger partial charge in [0, 0.05) is 24.6 Å². The summed E-state index contributed by atoms with van der Waals surface area (Å²) in [6.07, 6.45) is 5.46. The van der Waals surface area contributed by atoms with Crippen molar-refractivity contribution >= 4 is 0 Å². The highest BCUT2D eigenvalue weighted by Crippen LogP contribution is 2.33. The Labute approximate surface area is 123 Å². The zero-order chi connectivity index (χ0) is 14.1. The molecule has 110 valence electrons. The molecule has 5 nitrogen and oxygen atoms in total. The number of nitrogens with zero attached hydrogens (tertiary/aromatic N) is 1. The molecule has 0 bridgehead atoms. The van der Waals surface area contributed by atoms with Gasteiger partial charge in [0.1, 0.15) is 19.0 Å². The van der Waals surface area contributed by atoms with Gasteiger partial charge in [-0.1, -0.05) is 0 Å². The van der Waals surface area contributed by atoms with Crippen LogP contribution in [0.1, 0.15) is 18.7 Å². The number of aromatic amines is 1. The molecule has 0 spiro atoms. The van der Waals surface area contributed by atoms with Crippen molar-refractivity contribution in [1.82, 2.24) is 15.3 Å². The van der Waals surface area contributed by atoms with E-state index in [0.29, 0.717) is 13.2 Å². The average Bonchev–Trinajstić information content (AvgIpc) is 3.23. The van der Waals surface area contributed by atoms with E-state index in [1.807, 2.05) is 24.4 Å². The number of rotatable bonds is 5. The normalized spacial score (nSPS) is 17.0. The first kappa shape index (κ1) is 12.7. The van der Waals surface area contributed by atoms with Gasteiger partial charge in [-0.25, -0.2) is 4.98 Å². The third kappa shape index (κ3) is 2.88. The van der Waals surface area contributed by atoms with E-state index < -0.39 is 0 Å². The molecule has 0 unspecified atom stereocenters. The molecule has 0 saturated heterocycles. The molecule has 1 aliphatic heterocycles. The van der Waals surface area contributed by atoms with Crippen molar-refractivity contribution in [2.24, 2.45) is 0 Å². The van der Waals surface area contributed by atoms with Gasteiger partial charge < -0.3 is 19.8 Å². The second kappa shape index (κ2) is 5.41. The lowest BCUT2D eigenvalue weighted by Gasteiger charge is -2.18. The number of ether oxygens (including phenoxy) is 2. The van der Waals surface area contributed by atoms with Crippen LogP contribution in [0.5, 0.6) is 11.5 Å². The van der Waals surface area contributed by atoms with Gasteiger partial charge in [0.15, 0.2) is 11.5 Å². The molecule has 2 aromatic rings. The number of benzene rings is 1. The summed E-state index contributed by atoms with van der Waals surface area (Å²) < 4.78 is 11.2.